The second-order valence-corrected chi connectivity index (χ2v) is 22.8. The van der Waals surface area contributed by atoms with Crippen LogP contribution < -0.4 is 0 Å². The predicted octanol–water partition coefficient (Wildman–Crippen LogP) is 3.25. The van der Waals surface area contributed by atoms with Gasteiger partial charge in [0.05, 0.1) is 0 Å². The molecule has 64 valence electrons. The number of nitrogens with zero attached hydrogens (tertiary/aromatic N) is 1. The quantitative estimate of drug-likeness (QED) is 0.341. The Bertz CT molecular complexity index is 190. The highest BCUT2D eigenvalue weighted by atomic mass is 127. The molecule has 0 saturated carbocycles. The largest absolute Gasteiger partial charge is 0.246 e. The van der Waals surface area contributed by atoms with E-state index in [1.807, 2.05) is 10.8 Å². The Balaban J connectivity index is 2.57. The van der Waals surface area contributed by atoms with Crippen LogP contribution in [0.4, 0.5) is 0 Å². The molecule has 11 heavy (non-hydrogen) atoms. The van der Waals surface area contributed by atoms with Crippen LogP contribution in [0.5, 0.6) is 0 Å². The van der Waals surface area contributed by atoms with E-state index in [1.165, 1.54) is 0 Å². The zero-order valence-corrected chi connectivity index (χ0v) is 12.0. The minimum atomic E-state index is -0.610. The third-order valence-electron chi connectivity index (χ3n) is 1.49. The molecule has 0 spiro atoms. The summed E-state index contributed by atoms with van der Waals surface area (Å²) < 4.78 is 1.77. The Kier molecular flexibility index (Phi) is 4.17. The van der Waals surface area contributed by atoms with Crippen molar-refractivity contribution in [2.45, 2.75) is 0 Å². The Hall–Kier alpha value is 1.68. The maximum absolute atomic E-state index is 5.37. The normalized spacial score (nSPS) is 34.2. The van der Waals surface area contributed by atoms with Gasteiger partial charge >= 0.3 is 0 Å². The third-order valence-corrected chi connectivity index (χ3v) is 13.8. The molecule has 0 aliphatic carbocycles. The Morgan fingerprint density at radius 2 is 2.36 bits per heavy atom. The van der Waals surface area contributed by atoms with Crippen LogP contribution >= 0.6 is 56.8 Å². The highest BCUT2D eigenvalue weighted by molar-refractivity contribution is 14.3. The molecule has 1 heterocycles. The van der Waals surface area contributed by atoms with Gasteiger partial charge in [-0.1, -0.05) is 10.8 Å². The fraction of sp³-hybridized carbons (Fsp3) is 0.667. The average molecular weight is 413 g/mol. The fourth-order valence-electron chi connectivity index (χ4n) is 0.805. The molecule has 1 saturated heterocycles. The van der Waals surface area contributed by atoms with Gasteiger partial charge in [0.25, 0.3) is 0 Å². The Morgan fingerprint density at radius 3 is 2.82 bits per heavy atom. The molecule has 1 fully saturated rings. The maximum Gasteiger partial charge on any atom is 0.0436 e. The molecule has 0 N–H and O–H groups in total. The van der Waals surface area contributed by atoms with Gasteiger partial charge in [0, 0.05) is 60.6 Å². The number of terminal acetylenes is 1. The van der Waals surface area contributed by atoms with Crippen LogP contribution in [0.1, 0.15) is 0 Å². The first-order valence-corrected chi connectivity index (χ1v) is 11.3. The van der Waals surface area contributed by atoms with E-state index in [0.717, 1.165) is 12.3 Å². The van der Waals surface area contributed by atoms with Crippen molar-refractivity contribution >= 4 is 56.8 Å². The Labute approximate surface area is 97.5 Å². The summed E-state index contributed by atoms with van der Waals surface area (Å²) in [5, 5.41) is 0. The van der Waals surface area contributed by atoms with Gasteiger partial charge in [-0.15, -0.1) is 12.3 Å². The summed E-state index contributed by atoms with van der Waals surface area (Å²) in [5.74, 6) is 4.40. The van der Waals surface area contributed by atoms with Crippen molar-refractivity contribution in [3.63, 3.8) is 0 Å². The lowest BCUT2D eigenvalue weighted by atomic mass is 10.2. The maximum atomic E-state index is 5.37. The minimum Gasteiger partial charge on any atom is -0.246 e. The molecule has 0 aromatic rings. The highest BCUT2D eigenvalue weighted by Gasteiger charge is 2.30. The SMILES string of the molecule is C#CC1CSS(I)(I)N(C)C1. The first-order valence-electron chi connectivity index (χ1n) is 3.10. The van der Waals surface area contributed by atoms with Crippen LogP contribution in [0.3, 0.4) is 0 Å². The van der Waals surface area contributed by atoms with Crippen LogP contribution in [0.15, 0.2) is 0 Å². The van der Waals surface area contributed by atoms with Crippen molar-refractivity contribution in [1.29, 1.82) is 0 Å². The summed E-state index contributed by atoms with van der Waals surface area (Å²) >= 11 is 5.07. The van der Waals surface area contributed by atoms with Crippen molar-refractivity contribution in [3.8, 4) is 12.3 Å². The van der Waals surface area contributed by atoms with Crippen LogP contribution in [-0.4, -0.2) is 23.7 Å². The number of halogens is 2. The van der Waals surface area contributed by atoms with Gasteiger partial charge in [0.15, 0.2) is 0 Å². The highest BCUT2D eigenvalue weighted by Crippen LogP contribution is 2.77. The van der Waals surface area contributed by atoms with E-state index in [4.69, 9.17) is 6.42 Å². The van der Waals surface area contributed by atoms with E-state index in [-0.39, 0.29) is 0 Å². The van der Waals surface area contributed by atoms with Gasteiger partial charge in [-0.05, 0) is 10.6 Å². The van der Waals surface area contributed by atoms with E-state index < -0.39 is 3.59 Å². The zero-order chi connectivity index (χ0) is 8.48. The van der Waals surface area contributed by atoms with E-state index in [1.54, 1.807) is 0 Å². The first-order chi connectivity index (χ1) is 5.06. The second kappa shape index (κ2) is 4.26. The van der Waals surface area contributed by atoms with Crippen molar-refractivity contribution in [2.75, 3.05) is 19.3 Å². The molecule has 1 rings (SSSR count). The van der Waals surface area contributed by atoms with Crippen LogP contribution in [0, 0.1) is 18.3 Å². The molecule has 0 aromatic heterocycles. The summed E-state index contributed by atoms with van der Waals surface area (Å²) in [6.45, 7) is 1.06. The lowest BCUT2D eigenvalue weighted by Gasteiger charge is -2.41. The van der Waals surface area contributed by atoms with Crippen LogP contribution in [0.2, 0.25) is 0 Å². The zero-order valence-electron chi connectivity index (χ0n) is 6.09. The molecule has 0 radical (unpaired) electrons. The molecular formula is C6H9I2NS2. The molecule has 1 atom stereocenters. The smallest absolute Gasteiger partial charge is 0.0436 e. The van der Waals surface area contributed by atoms with Gasteiger partial charge < -0.3 is 0 Å². The van der Waals surface area contributed by atoms with Gasteiger partial charge in [-0.2, -0.15) is 0 Å². The lowest BCUT2D eigenvalue weighted by Crippen LogP contribution is -2.28. The van der Waals surface area contributed by atoms with E-state index in [0.29, 0.717) is 5.92 Å². The molecule has 0 aromatic carbocycles. The summed E-state index contributed by atoms with van der Waals surface area (Å²) in [5.41, 5.74) is 0. The second-order valence-electron chi connectivity index (χ2n) is 2.36. The standard InChI is InChI=1S/C6H9I2NS2/c1-3-6-4-9(2)11(7,8)10-5-6/h1,6H,4-5H2,2H3. The summed E-state index contributed by atoms with van der Waals surface area (Å²) in [7, 11) is 4.16. The van der Waals surface area contributed by atoms with Crippen molar-refractivity contribution in [1.82, 2.24) is 4.31 Å². The molecular weight excluding hydrogens is 404 g/mol. The molecule has 1 nitrogen and oxygen atoms in total. The number of hydrogen-bond acceptors (Lipinski definition) is 2. The van der Waals surface area contributed by atoms with E-state index in [2.05, 4.69) is 59.7 Å². The van der Waals surface area contributed by atoms with Gasteiger partial charge in [-0.3, -0.25) is 0 Å². The molecule has 0 amide bonds. The molecule has 1 aliphatic heterocycles. The lowest BCUT2D eigenvalue weighted by molar-refractivity contribution is 0.507. The molecule has 0 bridgehead atoms. The average Bonchev–Trinajstić information content (AvgIpc) is 1.95. The van der Waals surface area contributed by atoms with E-state index in [9.17, 15) is 0 Å². The van der Waals surface area contributed by atoms with Crippen LogP contribution in [-0.2, 0) is 0 Å². The molecule has 5 heteroatoms. The van der Waals surface area contributed by atoms with E-state index >= 15 is 0 Å². The number of rotatable bonds is 0. The summed E-state index contributed by atoms with van der Waals surface area (Å²) in [6.07, 6.45) is 5.37. The molecule has 1 unspecified atom stereocenters. The van der Waals surface area contributed by atoms with Crippen molar-refractivity contribution < 1.29 is 0 Å². The first kappa shape index (κ1) is 10.8. The van der Waals surface area contributed by atoms with Gasteiger partial charge in [-0.25, -0.2) is 4.31 Å². The number of hydrogen-bond donors (Lipinski definition) is 0. The van der Waals surface area contributed by atoms with Gasteiger partial charge in [0.1, 0.15) is 0 Å². The summed E-state index contributed by atoms with van der Waals surface area (Å²) in [6, 6.07) is 0. The van der Waals surface area contributed by atoms with Crippen molar-refractivity contribution in [3.05, 3.63) is 0 Å². The fourth-order valence-corrected chi connectivity index (χ4v) is 7.18. The topological polar surface area (TPSA) is 3.24 Å². The van der Waals surface area contributed by atoms with Crippen molar-refractivity contribution in [2.24, 2.45) is 5.92 Å². The minimum absolute atomic E-state index is 0.454. The van der Waals surface area contributed by atoms with Gasteiger partial charge in [0.2, 0.25) is 0 Å². The van der Waals surface area contributed by atoms with Crippen LogP contribution in [0.25, 0.3) is 0 Å². The Morgan fingerprint density at radius 1 is 1.73 bits per heavy atom. The third kappa shape index (κ3) is 2.83. The molecule has 1 aliphatic rings. The monoisotopic (exact) mass is 413 g/mol. The summed E-state index contributed by atoms with van der Waals surface area (Å²) in [4.78, 5) is 0. The predicted molar refractivity (Wildman–Crippen MR) is 73.0 cm³/mol.